The Kier molecular flexibility index (Phi) is 6.46. The van der Waals surface area contributed by atoms with Crippen molar-refractivity contribution in [2.24, 2.45) is 0 Å². The van der Waals surface area contributed by atoms with Crippen LogP contribution in [0.1, 0.15) is 34.2 Å². The lowest BCUT2D eigenvalue weighted by atomic mass is 10.1. The van der Waals surface area contributed by atoms with Gasteiger partial charge in [0, 0.05) is 11.4 Å². The number of nitrogens with one attached hydrogen (secondary N) is 2. The molecule has 30 heavy (non-hydrogen) atoms. The summed E-state index contributed by atoms with van der Waals surface area (Å²) in [5.41, 5.74) is 4.03. The standard InChI is InChI=1S/C22H25N5O3/c1-5-30-18-11-9-17(10-12-18)23-19(28)13-27-16(4)21(25-26-27)22(29)24-20-14(2)7-6-8-15(20)3/h6-12H,5,13H2,1-4H3,(H,23,28)(H,24,29). The first-order valence-corrected chi connectivity index (χ1v) is 9.69. The van der Waals surface area contributed by atoms with Crippen LogP contribution in [0.2, 0.25) is 0 Å². The summed E-state index contributed by atoms with van der Waals surface area (Å²) in [6.07, 6.45) is 0. The SMILES string of the molecule is CCOc1ccc(NC(=O)Cn2nnc(C(=O)Nc3c(C)cccc3C)c2C)cc1. The zero-order chi connectivity index (χ0) is 21.7. The number of amides is 2. The molecule has 1 heterocycles. The average Bonchev–Trinajstić information content (AvgIpc) is 3.07. The van der Waals surface area contributed by atoms with Crippen molar-refractivity contribution in [1.82, 2.24) is 15.0 Å². The van der Waals surface area contributed by atoms with Crippen molar-refractivity contribution in [2.75, 3.05) is 17.2 Å². The number of hydrogen-bond acceptors (Lipinski definition) is 5. The molecule has 2 aromatic carbocycles. The first kappa shape index (κ1) is 21.0. The van der Waals surface area contributed by atoms with Crippen molar-refractivity contribution in [3.8, 4) is 5.75 Å². The third kappa shape index (κ3) is 4.83. The van der Waals surface area contributed by atoms with E-state index in [0.717, 1.165) is 22.6 Å². The van der Waals surface area contributed by atoms with Crippen LogP contribution in [0, 0.1) is 20.8 Å². The number of anilines is 2. The summed E-state index contributed by atoms with van der Waals surface area (Å²) < 4.78 is 6.79. The van der Waals surface area contributed by atoms with E-state index >= 15 is 0 Å². The third-order valence-electron chi connectivity index (χ3n) is 4.66. The molecule has 2 amide bonds. The van der Waals surface area contributed by atoms with Gasteiger partial charge in [-0.15, -0.1) is 5.10 Å². The van der Waals surface area contributed by atoms with Crippen molar-refractivity contribution in [3.63, 3.8) is 0 Å². The van der Waals surface area contributed by atoms with Crippen LogP contribution in [-0.4, -0.2) is 33.4 Å². The van der Waals surface area contributed by atoms with Gasteiger partial charge in [0.05, 0.1) is 12.3 Å². The fourth-order valence-corrected chi connectivity index (χ4v) is 3.04. The summed E-state index contributed by atoms with van der Waals surface area (Å²) in [5, 5.41) is 13.6. The second-order valence-electron chi connectivity index (χ2n) is 6.91. The van der Waals surface area contributed by atoms with Gasteiger partial charge in [0.2, 0.25) is 5.91 Å². The van der Waals surface area contributed by atoms with E-state index in [9.17, 15) is 9.59 Å². The first-order chi connectivity index (χ1) is 14.4. The van der Waals surface area contributed by atoms with Gasteiger partial charge < -0.3 is 15.4 Å². The van der Waals surface area contributed by atoms with E-state index < -0.39 is 0 Å². The van der Waals surface area contributed by atoms with Crippen LogP contribution in [0.3, 0.4) is 0 Å². The van der Waals surface area contributed by atoms with E-state index in [1.54, 1.807) is 31.2 Å². The maximum Gasteiger partial charge on any atom is 0.278 e. The molecule has 156 valence electrons. The number of rotatable bonds is 7. The van der Waals surface area contributed by atoms with E-state index in [1.807, 2.05) is 39.0 Å². The van der Waals surface area contributed by atoms with Crippen molar-refractivity contribution < 1.29 is 14.3 Å². The molecule has 0 aliphatic rings. The number of aromatic nitrogens is 3. The summed E-state index contributed by atoms with van der Waals surface area (Å²) >= 11 is 0. The predicted molar refractivity (Wildman–Crippen MR) is 115 cm³/mol. The zero-order valence-corrected chi connectivity index (χ0v) is 17.5. The van der Waals surface area contributed by atoms with Crippen molar-refractivity contribution in [1.29, 1.82) is 0 Å². The lowest BCUT2D eigenvalue weighted by molar-refractivity contribution is -0.117. The highest BCUT2D eigenvalue weighted by Gasteiger charge is 2.19. The van der Waals surface area contributed by atoms with Gasteiger partial charge in [-0.3, -0.25) is 9.59 Å². The Morgan fingerprint density at radius 3 is 2.30 bits per heavy atom. The zero-order valence-electron chi connectivity index (χ0n) is 17.5. The summed E-state index contributed by atoms with van der Waals surface area (Å²) in [6, 6.07) is 12.9. The van der Waals surface area contributed by atoms with Gasteiger partial charge in [-0.2, -0.15) is 0 Å². The number of aryl methyl sites for hydroxylation is 2. The molecular weight excluding hydrogens is 382 g/mol. The van der Waals surface area contributed by atoms with Crippen molar-refractivity contribution in [2.45, 2.75) is 34.2 Å². The fraction of sp³-hybridized carbons (Fsp3) is 0.273. The molecule has 8 nitrogen and oxygen atoms in total. The van der Waals surface area contributed by atoms with Crippen LogP contribution < -0.4 is 15.4 Å². The van der Waals surface area contributed by atoms with E-state index in [0.29, 0.717) is 18.0 Å². The molecule has 0 atom stereocenters. The highest BCUT2D eigenvalue weighted by Crippen LogP contribution is 2.20. The Hall–Kier alpha value is -3.68. The summed E-state index contributed by atoms with van der Waals surface area (Å²) in [4.78, 5) is 25.0. The Morgan fingerprint density at radius 1 is 1.00 bits per heavy atom. The first-order valence-electron chi connectivity index (χ1n) is 9.69. The summed E-state index contributed by atoms with van der Waals surface area (Å²) in [6.45, 7) is 8.01. The van der Waals surface area contributed by atoms with Crippen molar-refractivity contribution >= 4 is 23.2 Å². The Balaban J connectivity index is 1.65. The van der Waals surface area contributed by atoms with Crippen LogP contribution in [0.4, 0.5) is 11.4 Å². The van der Waals surface area contributed by atoms with Gasteiger partial charge >= 0.3 is 0 Å². The Bertz CT molecular complexity index is 1040. The fourth-order valence-electron chi connectivity index (χ4n) is 3.04. The summed E-state index contributed by atoms with van der Waals surface area (Å²) in [7, 11) is 0. The Labute approximate surface area is 175 Å². The van der Waals surface area contributed by atoms with E-state index in [1.165, 1.54) is 4.68 Å². The average molecular weight is 407 g/mol. The number of benzene rings is 2. The molecule has 0 spiro atoms. The molecule has 0 aliphatic carbocycles. The molecular formula is C22H25N5O3. The van der Waals surface area contributed by atoms with Gasteiger partial charge in [0.1, 0.15) is 12.3 Å². The lowest BCUT2D eigenvalue weighted by Gasteiger charge is -2.10. The second kappa shape index (κ2) is 9.21. The van der Waals surface area contributed by atoms with Gasteiger partial charge in [-0.05, 0) is 63.1 Å². The minimum absolute atomic E-state index is 0.0529. The molecule has 3 aromatic rings. The monoisotopic (exact) mass is 407 g/mol. The highest BCUT2D eigenvalue weighted by atomic mass is 16.5. The topological polar surface area (TPSA) is 98.1 Å². The van der Waals surface area contributed by atoms with Gasteiger partial charge in [0.25, 0.3) is 5.91 Å². The number of hydrogen-bond donors (Lipinski definition) is 2. The molecule has 0 fully saturated rings. The minimum Gasteiger partial charge on any atom is -0.494 e. The quantitative estimate of drug-likeness (QED) is 0.625. The van der Waals surface area contributed by atoms with Crippen LogP contribution in [0.5, 0.6) is 5.75 Å². The molecule has 2 N–H and O–H groups in total. The van der Waals surface area contributed by atoms with E-state index in [4.69, 9.17) is 4.74 Å². The number of para-hydroxylation sites is 1. The lowest BCUT2D eigenvalue weighted by Crippen LogP contribution is -2.21. The molecule has 3 rings (SSSR count). The van der Waals surface area contributed by atoms with Crippen LogP contribution in [-0.2, 0) is 11.3 Å². The van der Waals surface area contributed by atoms with Crippen LogP contribution >= 0.6 is 0 Å². The molecule has 0 saturated heterocycles. The number of nitrogens with zero attached hydrogens (tertiary/aromatic N) is 3. The summed E-state index contributed by atoms with van der Waals surface area (Å²) in [5.74, 6) is 0.110. The largest absolute Gasteiger partial charge is 0.494 e. The van der Waals surface area contributed by atoms with Crippen LogP contribution in [0.25, 0.3) is 0 Å². The highest BCUT2D eigenvalue weighted by molar-refractivity contribution is 6.04. The molecule has 1 aromatic heterocycles. The van der Waals surface area contributed by atoms with E-state index in [2.05, 4.69) is 20.9 Å². The van der Waals surface area contributed by atoms with Crippen molar-refractivity contribution in [3.05, 3.63) is 65.0 Å². The predicted octanol–water partition coefficient (Wildman–Crippen LogP) is 3.49. The maximum atomic E-state index is 12.7. The van der Waals surface area contributed by atoms with Crippen LogP contribution in [0.15, 0.2) is 42.5 Å². The van der Waals surface area contributed by atoms with Gasteiger partial charge in [0.15, 0.2) is 5.69 Å². The smallest absolute Gasteiger partial charge is 0.278 e. The number of ether oxygens (including phenoxy) is 1. The minimum atomic E-state index is -0.358. The third-order valence-corrected chi connectivity index (χ3v) is 4.66. The molecule has 0 unspecified atom stereocenters. The van der Waals surface area contributed by atoms with Gasteiger partial charge in [-0.1, -0.05) is 23.4 Å². The van der Waals surface area contributed by atoms with Gasteiger partial charge in [-0.25, -0.2) is 4.68 Å². The van der Waals surface area contributed by atoms with E-state index in [-0.39, 0.29) is 24.1 Å². The maximum absolute atomic E-state index is 12.7. The molecule has 0 radical (unpaired) electrons. The molecule has 0 aliphatic heterocycles. The number of carbonyl (C=O) groups is 2. The Morgan fingerprint density at radius 2 is 1.67 bits per heavy atom. The molecule has 8 heteroatoms. The molecule has 0 bridgehead atoms. The molecule has 0 saturated carbocycles. The number of carbonyl (C=O) groups excluding carboxylic acids is 2. The second-order valence-corrected chi connectivity index (χ2v) is 6.91. The normalized spacial score (nSPS) is 10.5.